The van der Waals surface area contributed by atoms with Crippen molar-refractivity contribution in [3.8, 4) is 17.2 Å². The predicted molar refractivity (Wildman–Crippen MR) is 156 cm³/mol. The second-order valence-electron chi connectivity index (χ2n) is 9.03. The van der Waals surface area contributed by atoms with Gasteiger partial charge in [0.25, 0.3) is 11.1 Å². The van der Waals surface area contributed by atoms with Crippen LogP contribution in [0.1, 0.15) is 22.3 Å². The van der Waals surface area contributed by atoms with Crippen LogP contribution in [0.4, 0.5) is 23.7 Å². The number of imide groups is 1. The van der Waals surface area contributed by atoms with Crippen molar-refractivity contribution in [1.82, 2.24) is 4.90 Å². The zero-order chi connectivity index (χ0) is 30.6. The van der Waals surface area contributed by atoms with E-state index in [0.29, 0.717) is 50.9 Å². The largest absolute Gasteiger partial charge is 0.495 e. The van der Waals surface area contributed by atoms with Gasteiger partial charge in [-0.05, 0) is 66.2 Å². The van der Waals surface area contributed by atoms with Gasteiger partial charge in [-0.15, -0.1) is 0 Å². The summed E-state index contributed by atoms with van der Waals surface area (Å²) in [4.78, 5) is 39.0. The molecule has 0 spiro atoms. The van der Waals surface area contributed by atoms with Crippen molar-refractivity contribution in [1.29, 1.82) is 0 Å². The molecule has 0 bridgehead atoms. The second kappa shape index (κ2) is 12.9. The number of halogens is 4. The first-order chi connectivity index (χ1) is 19.9. The number of rotatable bonds is 9. The number of thioether (sulfide) groups is 1. The summed E-state index contributed by atoms with van der Waals surface area (Å²) in [6, 6.07) is 13.8. The number of carbonyl (C=O) groups is 3. The maximum Gasteiger partial charge on any atom is 0.416 e. The Labute approximate surface area is 251 Å². The molecular weight excluding hydrogens is 641 g/mol. The maximum absolute atomic E-state index is 13.1. The molecular formula is C29H24BrF3N2O6S. The van der Waals surface area contributed by atoms with Crippen LogP contribution in [0.25, 0.3) is 6.08 Å². The van der Waals surface area contributed by atoms with Crippen molar-refractivity contribution >= 4 is 56.5 Å². The fraction of sp³-hybridized carbons (Fsp3) is 0.207. The van der Waals surface area contributed by atoms with E-state index in [1.165, 1.54) is 20.3 Å². The molecule has 13 heteroatoms. The third-order valence-electron chi connectivity index (χ3n) is 6.02. The number of methoxy groups -OCH3 is 2. The lowest BCUT2D eigenvalue weighted by atomic mass is 10.1. The number of hydrogen-bond acceptors (Lipinski definition) is 7. The van der Waals surface area contributed by atoms with E-state index in [0.717, 1.165) is 23.3 Å². The predicted octanol–water partition coefficient (Wildman–Crippen LogP) is 7.05. The van der Waals surface area contributed by atoms with E-state index in [9.17, 15) is 27.6 Å². The molecule has 0 aliphatic carbocycles. The molecule has 0 radical (unpaired) electrons. The summed E-state index contributed by atoms with van der Waals surface area (Å²) in [5, 5.41) is 1.58. The van der Waals surface area contributed by atoms with Crippen LogP contribution in [0.3, 0.4) is 0 Å². The third-order valence-corrected chi connectivity index (χ3v) is 7.62. The summed E-state index contributed by atoms with van der Waals surface area (Å²) in [5.41, 5.74) is 1.34. The Morgan fingerprint density at radius 1 is 1.02 bits per heavy atom. The number of nitrogens with zero attached hydrogens (tertiary/aromatic N) is 1. The van der Waals surface area contributed by atoms with E-state index in [4.69, 9.17) is 14.2 Å². The van der Waals surface area contributed by atoms with E-state index in [1.807, 2.05) is 31.2 Å². The van der Waals surface area contributed by atoms with Crippen LogP contribution >= 0.6 is 27.7 Å². The normalized spacial score (nSPS) is 14.4. The van der Waals surface area contributed by atoms with Gasteiger partial charge in [-0.25, -0.2) is 0 Å². The van der Waals surface area contributed by atoms with Gasteiger partial charge in [0, 0.05) is 4.47 Å². The maximum atomic E-state index is 13.1. The highest BCUT2D eigenvalue weighted by Crippen LogP contribution is 2.39. The molecule has 1 fully saturated rings. The SMILES string of the molecule is COc1ccc(C(F)(F)F)cc1NC(=O)CN1C(=O)S/C(=C\c2cc(OC)c(OCc3cccc(C)c3)cc2Br)C1=O. The molecule has 0 aromatic heterocycles. The van der Waals surface area contributed by atoms with Crippen LogP contribution in [0.15, 0.2) is 64.0 Å². The summed E-state index contributed by atoms with van der Waals surface area (Å²) in [7, 11) is 2.70. The molecule has 0 atom stereocenters. The summed E-state index contributed by atoms with van der Waals surface area (Å²) >= 11 is 4.09. The topological polar surface area (TPSA) is 94.2 Å². The van der Waals surface area contributed by atoms with Gasteiger partial charge in [-0.1, -0.05) is 45.8 Å². The molecule has 1 aliphatic heterocycles. The van der Waals surface area contributed by atoms with E-state index < -0.39 is 35.3 Å². The van der Waals surface area contributed by atoms with Gasteiger partial charge in [-0.3, -0.25) is 19.3 Å². The Kier molecular flexibility index (Phi) is 9.52. The van der Waals surface area contributed by atoms with Gasteiger partial charge in [0.1, 0.15) is 18.9 Å². The molecule has 3 aromatic rings. The number of alkyl halides is 3. The Bertz CT molecular complexity index is 1580. The van der Waals surface area contributed by atoms with Gasteiger partial charge in [0.05, 0.1) is 30.4 Å². The van der Waals surface area contributed by atoms with Crippen LogP contribution in [0.5, 0.6) is 17.2 Å². The summed E-state index contributed by atoms with van der Waals surface area (Å²) < 4.78 is 56.4. The highest BCUT2D eigenvalue weighted by Gasteiger charge is 2.37. The lowest BCUT2D eigenvalue weighted by Gasteiger charge is -2.16. The molecule has 1 aliphatic rings. The molecule has 8 nitrogen and oxygen atoms in total. The standard InChI is InChI=1S/C29H24BrF3N2O6S/c1-16-5-4-6-17(9-16)15-41-24-13-20(30)18(10-23(24)40-3)11-25-27(37)35(28(38)42-25)14-26(36)34-21-12-19(29(31,32)33)7-8-22(21)39-2/h4-13H,14-15H2,1-3H3,(H,34,36)/b25-11-. The van der Waals surface area contributed by atoms with E-state index in [2.05, 4.69) is 21.2 Å². The Morgan fingerprint density at radius 3 is 2.43 bits per heavy atom. The molecule has 220 valence electrons. The number of carbonyl (C=O) groups excluding carboxylic acids is 3. The number of aryl methyl sites for hydroxylation is 1. The van der Waals surface area contributed by atoms with Gasteiger partial charge in [0.2, 0.25) is 5.91 Å². The molecule has 1 N–H and O–H groups in total. The van der Waals surface area contributed by atoms with Crippen LogP contribution in [0.2, 0.25) is 0 Å². The van der Waals surface area contributed by atoms with Gasteiger partial charge < -0.3 is 19.5 Å². The van der Waals surface area contributed by atoms with Gasteiger partial charge in [0.15, 0.2) is 11.5 Å². The molecule has 3 aromatic carbocycles. The van der Waals surface area contributed by atoms with Crippen molar-refractivity contribution in [2.75, 3.05) is 26.1 Å². The summed E-state index contributed by atoms with van der Waals surface area (Å²) in [5.74, 6) is -0.782. The fourth-order valence-corrected chi connectivity index (χ4v) is 5.26. The average Bonchev–Trinajstić information content (AvgIpc) is 3.19. The quantitative estimate of drug-likeness (QED) is 0.245. The zero-order valence-electron chi connectivity index (χ0n) is 22.5. The first-order valence-electron chi connectivity index (χ1n) is 12.3. The lowest BCUT2D eigenvalue weighted by molar-refractivity contribution is -0.137. The molecule has 0 saturated carbocycles. The smallest absolute Gasteiger partial charge is 0.416 e. The second-order valence-corrected chi connectivity index (χ2v) is 10.9. The number of anilines is 1. The number of hydrogen-bond donors (Lipinski definition) is 1. The van der Waals surface area contributed by atoms with E-state index in [1.54, 1.807) is 12.1 Å². The van der Waals surface area contributed by atoms with Gasteiger partial charge >= 0.3 is 6.18 Å². The zero-order valence-corrected chi connectivity index (χ0v) is 24.9. The van der Waals surface area contributed by atoms with Crippen LogP contribution in [0, 0.1) is 6.92 Å². The summed E-state index contributed by atoms with van der Waals surface area (Å²) in [6.45, 7) is 1.58. The Balaban J connectivity index is 1.48. The third kappa shape index (κ3) is 7.26. The minimum absolute atomic E-state index is 0.0181. The van der Waals surface area contributed by atoms with Gasteiger partial charge in [-0.2, -0.15) is 13.2 Å². The van der Waals surface area contributed by atoms with Crippen LogP contribution in [-0.2, 0) is 22.4 Å². The summed E-state index contributed by atoms with van der Waals surface area (Å²) in [6.07, 6.45) is -3.18. The molecule has 0 unspecified atom stereocenters. The number of nitrogens with one attached hydrogen (secondary N) is 1. The minimum Gasteiger partial charge on any atom is -0.495 e. The fourth-order valence-electron chi connectivity index (χ4n) is 3.99. The highest BCUT2D eigenvalue weighted by atomic mass is 79.9. The number of amides is 3. The monoisotopic (exact) mass is 664 g/mol. The molecule has 42 heavy (non-hydrogen) atoms. The Hall–Kier alpha value is -3.97. The van der Waals surface area contributed by atoms with Crippen molar-refractivity contribution in [2.45, 2.75) is 19.7 Å². The molecule has 1 heterocycles. The lowest BCUT2D eigenvalue weighted by Crippen LogP contribution is -2.36. The van der Waals surface area contributed by atoms with Crippen LogP contribution in [-0.4, -0.2) is 42.7 Å². The van der Waals surface area contributed by atoms with Crippen molar-refractivity contribution in [2.24, 2.45) is 0 Å². The molecule has 3 amide bonds. The number of ether oxygens (including phenoxy) is 3. The van der Waals surface area contributed by atoms with Crippen molar-refractivity contribution < 1.29 is 41.8 Å². The average molecular weight is 665 g/mol. The van der Waals surface area contributed by atoms with Crippen LogP contribution < -0.4 is 19.5 Å². The van der Waals surface area contributed by atoms with E-state index in [-0.39, 0.29) is 16.3 Å². The molecule has 4 rings (SSSR count). The molecule has 1 saturated heterocycles. The van der Waals surface area contributed by atoms with Crippen molar-refractivity contribution in [3.63, 3.8) is 0 Å². The van der Waals surface area contributed by atoms with Crippen molar-refractivity contribution in [3.05, 3.63) is 86.2 Å². The highest BCUT2D eigenvalue weighted by molar-refractivity contribution is 9.10. The number of benzene rings is 3. The first-order valence-corrected chi connectivity index (χ1v) is 13.9. The first kappa shape index (κ1) is 31.0. The van der Waals surface area contributed by atoms with E-state index >= 15 is 0 Å². The minimum atomic E-state index is -4.65. The Morgan fingerprint density at radius 2 is 1.76 bits per heavy atom.